The van der Waals surface area contributed by atoms with Crippen LogP contribution in [0.15, 0.2) is 27.7 Å². The number of hydrogen-bond donors (Lipinski definition) is 1. The summed E-state index contributed by atoms with van der Waals surface area (Å²) in [6.45, 7) is 1.73. The Morgan fingerprint density at radius 2 is 2.17 bits per heavy atom. The van der Waals surface area contributed by atoms with Gasteiger partial charge in [-0.25, -0.2) is 4.98 Å². The Bertz CT molecular complexity index is 527. The van der Waals surface area contributed by atoms with E-state index in [0.717, 1.165) is 20.1 Å². The van der Waals surface area contributed by atoms with E-state index in [9.17, 15) is 5.11 Å². The first-order valence-electron chi connectivity index (χ1n) is 5.39. The van der Waals surface area contributed by atoms with E-state index in [1.807, 2.05) is 31.1 Å². The molecule has 0 saturated heterocycles. The standard InChI is InChI=1S/C11H14N4OS2/c1-7(16)8-5-4-6-12-9(8)17-11-14-13-10(18-11)15(2)3/h4-7,16H,1-3H3/t7-/m0/s1. The van der Waals surface area contributed by atoms with Crippen LogP contribution < -0.4 is 4.90 Å². The van der Waals surface area contributed by atoms with Gasteiger partial charge in [-0.15, -0.1) is 10.2 Å². The summed E-state index contributed by atoms with van der Waals surface area (Å²) in [6.07, 6.45) is 1.17. The van der Waals surface area contributed by atoms with E-state index in [4.69, 9.17) is 0 Å². The summed E-state index contributed by atoms with van der Waals surface area (Å²) in [6, 6.07) is 3.69. The highest BCUT2D eigenvalue weighted by molar-refractivity contribution is 8.01. The number of aliphatic hydroxyl groups is 1. The molecule has 0 unspecified atom stereocenters. The number of rotatable bonds is 4. The predicted molar refractivity (Wildman–Crippen MR) is 73.2 cm³/mol. The highest BCUT2D eigenvalue weighted by atomic mass is 32.2. The van der Waals surface area contributed by atoms with Crippen molar-refractivity contribution < 1.29 is 5.11 Å². The van der Waals surface area contributed by atoms with E-state index in [-0.39, 0.29) is 0 Å². The van der Waals surface area contributed by atoms with Crippen molar-refractivity contribution in [3.63, 3.8) is 0 Å². The summed E-state index contributed by atoms with van der Waals surface area (Å²) >= 11 is 2.93. The van der Waals surface area contributed by atoms with Crippen molar-refractivity contribution in [2.45, 2.75) is 22.4 Å². The molecule has 0 aliphatic heterocycles. The van der Waals surface area contributed by atoms with Gasteiger partial charge in [-0.1, -0.05) is 17.4 Å². The Morgan fingerprint density at radius 1 is 1.39 bits per heavy atom. The first-order valence-corrected chi connectivity index (χ1v) is 7.03. The Balaban J connectivity index is 2.23. The van der Waals surface area contributed by atoms with Crippen LogP contribution in [0.1, 0.15) is 18.6 Å². The van der Waals surface area contributed by atoms with E-state index in [1.54, 1.807) is 13.1 Å². The molecular weight excluding hydrogens is 268 g/mol. The van der Waals surface area contributed by atoms with Gasteiger partial charge in [0.1, 0.15) is 5.03 Å². The van der Waals surface area contributed by atoms with Crippen LogP contribution in [0.5, 0.6) is 0 Å². The van der Waals surface area contributed by atoms with Crippen LogP contribution in [0.2, 0.25) is 0 Å². The van der Waals surface area contributed by atoms with Gasteiger partial charge in [0.15, 0.2) is 4.34 Å². The van der Waals surface area contributed by atoms with Crippen molar-refractivity contribution in [3.05, 3.63) is 23.9 Å². The molecule has 2 aromatic rings. The number of anilines is 1. The lowest BCUT2D eigenvalue weighted by molar-refractivity contribution is 0.195. The maximum Gasteiger partial charge on any atom is 0.208 e. The maximum atomic E-state index is 9.68. The van der Waals surface area contributed by atoms with Crippen LogP contribution in [0, 0.1) is 0 Å². The van der Waals surface area contributed by atoms with Gasteiger partial charge < -0.3 is 10.0 Å². The van der Waals surface area contributed by atoms with Crippen molar-refractivity contribution in [1.29, 1.82) is 0 Å². The number of aromatic nitrogens is 3. The molecule has 1 N–H and O–H groups in total. The van der Waals surface area contributed by atoms with Gasteiger partial charge in [0.05, 0.1) is 6.10 Å². The van der Waals surface area contributed by atoms with Crippen molar-refractivity contribution >= 4 is 28.2 Å². The molecule has 0 aliphatic carbocycles. The summed E-state index contributed by atoms with van der Waals surface area (Å²) < 4.78 is 0.819. The lowest BCUT2D eigenvalue weighted by Gasteiger charge is -2.08. The molecule has 7 heteroatoms. The summed E-state index contributed by atoms with van der Waals surface area (Å²) in [7, 11) is 3.86. The predicted octanol–water partition coefficient (Wildman–Crippen LogP) is 2.20. The highest BCUT2D eigenvalue weighted by Crippen LogP contribution is 2.34. The van der Waals surface area contributed by atoms with Crippen molar-refractivity contribution in [2.24, 2.45) is 0 Å². The first kappa shape index (κ1) is 13.3. The third kappa shape index (κ3) is 2.98. The molecule has 0 bridgehead atoms. The van der Waals surface area contributed by atoms with Gasteiger partial charge >= 0.3 is 0 Å². The van der Waals surface area contributed by atoms with E-state index in [2.05, 4.69) is 15.2 Å². The normalized spacial score (nSPS) is 12.4. The van der Waals surface area contributed by atoms with Gasteiger partial charge in [0.25, 0.3) is 0 Å². The second-order valence-electron chi connectivity index (χ2n) is 3.92. The van der Waals surface area contributed by atoms with Crippen LogP contribution in [0.25, 0.3) is 0 Å². The van der Waals surface area contributed by atoms with E-state index < -0.39 is 6.10 Å². The lowest BCUT2D eigenvalue weighted by atomic mass is 10.2. The molecule has 0 aliphatic rings. The Kier molecular flexibility index (Phi) is 4.15. The smallest absolute Gasteiger partial charge is 0.208 e. The quantitative estimate of drug-likeness (QED) is 0.927. The minimum absolute atomic E-state index is 0.539. The Hall–Kier alpha value is -1.18. The van der Waals surface area contributed by atoms with Crippen molar-refractivity contribution in [1.82, 2.24) is 15.2 Å². The molecule has 0 fully saturated rings. The van der Waals surface area contributed by atoms with Crippen molar-refractivity contribution in [2.75, 3.05) is 19.0 Å². The van der Waals surface area contributed by atoms with Gasteiger partial charge in [-0.2, -0.15) is 0 Å². The minimum Gasteiger partial charge on any atom is -0.389 e. The van der Waals surface area contributed by atoms with Crippen LogP contribution in [-0.2, 0) is 0 Å². The number of pyridine rings is 1. The number of hydrogen-bond acceptors (Lipinski definition) is 7. The molecule has 0 amide bonds. The van der Waals surface area contributed by atoms with Crippen LogP contribution in [0.3, 0.4) is 0 Å². The average molecular weight is 282 g/mol. The van der Waals surface area contributed by atoms with E-state index in [1.165, 1.54) is 23.1 Å². The molecule has 0 spiro atoms. The summed E-state index contributed by atoms with van der Waals surface area (Å²) in [5, 5.41) is 19.5. The Morgan fingerprint density at radius 3 is 2.78 bits per heavy atom. The highest BCUT2D eigenvalue weighted by Gasteiger charge is 2.13. The first-order chi connectivity index (χ1) is 8.58. The Labute approximate surface area is 114 Å². The number of nitrogens with zero attached hydrogens (tertiary/aromatic N) is 4. The lowest BCUT2D eigenvalue weighted by Crippen LogP contribution is -2.07. The van der Waals surface area contributed by atoms with Gasteiger partial charge in [-0.05, 0) is 24.8 Å². The largest absolute Gasteiger partial charge is 0.389 e. The zero-order valence-electron chi connectivity index (χ0n) is 10.4. The zero-order chi connectivity index (χ0) is 13.1. The fourth-order valence-corrected chi connectivity index (χ4v) is 3.16. The fourth-order valence-electron chi connectivity index (χ4n) is 1.31. The van der Waals surface area contributed by atoms with Crippen molar-refractivity contribution in [3.8, 4) is 0 Å². The molecule has 96 valence electrons. The van der Waals surface area contributed by atoms with Crippen LogP contribution in [-0.4, -0.2) is 34.4 Å². The van der Waals surface area contributed by atoms with E-state index in [0.29, 0.717) is 0 Å². The van der Waals surface area contributed by atoms with Gasteiger partial charge in [0.2, 0.25) is 5.13 Å². The summed E-state index contributed by atoms with van der Waals surface area (Å²) in [4.78, 5) is 6.19. The third-order valence-electron chi connectivity index (χ3n) is 2.21. The molecule has 0 saturated carbocycles. The molecule has 0 aromatic carbocycles. The zero-order valence-corrected chi connectivity index (χ0v) is 12.0. The topological polar surface area (TPSA) is 62.1 Å². The van der Waals surface area contributed by atoms with Gasteiger partial charge in [-0.3, -0.25) is 0 Å². The van der Waals surface area contributed by atoms with Crippen LogP contribution in [0.4, 0.5) is 5.13 Å². The van der Waals surface area contributed by atoms with Gasteiger partial charge in [0, 0.05) is 25.9 Å². The third-order valence-corrected chi connectivity index (χ3v) is 4.39. The fraction of sp³-hybridized carbons (Fsp3) is 0.364. The maximum absolute atomic E-state index is 9.68. The second-order valence-corrected chi connectivity index (χ2v) is 6.11. The summed E-state index contributed by atoms with van der Waals surface area (Å²) in [5.41, 5.74) is 0.809. The molecular formula is C11H14N4OS2. The average Bonchev–Trinajstić information content (AvgIpc) is 2.78. The number of aliphatic hydroxyl groups excluding tert-OH is 1. The molecule has 1 atom stereocenters. The minimum atomic E-state index is -0.539. The monoisotopic (exact) mass is 282 g/mol. The SMILES string of the molecule is C[C@H](O)c1cccnc1Sc1nnc(N(C)C)s1. The molecule has 2 heterocycles. The molecule has 0 radical (unpaired) electrons. The van der Waals surface area contributed by atoms with Crippen LogP contribution >= 0.6 is 23.1 Å². The summed E-state index contributed by atoms with van der Waals surface area (Å²) in [5.74, 6) is 0. The second kappa shape index (κ2) is 5.64. The van der Waals surface area contributed by atoms with E-state index >= 15 is 0 Å². The molecule has 5 nitrogen and oxygen atoms in total. The molecule has 18 heavy (non-hydrogen) atoms. The molecule has 2 rings (SSSR count). The molecule has 2 aromatic heterocycles.